The lowest BCUT2D eigenvalue weighted by atomic mass is 9.70. The Balaban J connectivity index is 1.20. The van der Waals surface area contributed by atoms with Gasteiger partial charge in [-0.2, -0.15) is 0 Å². The fraction of sp³-hybridized carbons (Fsp3) is 0.487. The van der Waals surface area contributed by atoms with E-state index < -0.39 is 23.3 Å². The SMILES string of the molecule is CCCCCCCC1CCC(C2CC=C(c3ccc(-c4ccc(-c5ccc(CC)c(F)c5F)cc4)c(F)c3F)CC2)CC1. The summed E-state index contributed by atoms with van der Waals surface area (Å²) in [5.41, 5.74) is 2.88. The van der Waals surface area contributed by atoms with Crippen LogP contribution in [-0.4, -0.2) is 0 Å². The predicted molar refractivity (Wildman–Crippen MR) is 171 cm³/mol. The van der Waals surface area contributed by atoms with E-state index >= 15 is 8.78 Å². The summed E-state index contributed by atoms with van der Waals surface area (Å²) in [4.78, 5) is 0. The molecule has 0 amide bonds. The topological polar surface area (TPSA) is 0 Å². The van der Waals surface area contributed by atoms with Crippen molar-refractivity contribution in [2.45, 2.75) is 104 Å². The van der Waals surface area contributed by atoms with Gasteiger partial charge in [-0.1, -0.05) is 120 Å². The van der Waals surface area contributed by atoms with Crippen molar-refractivity contribution < 1.29 is 17.6 Å². The number of benzene rings is 3. The highest BCUT2D eigenvalue weighted by Crippen LogP contribution is 2.43. The van der Waals surface area contributed by atoms with Crippen LogP contribution in [0.15, 0.2) is 54.6 Å². The van der Waals surface area contributed by atoms with Crippen LogP contribution in [0.3, 0.4) is 0 Å². The number of halogens is 4. The third kappa shape index (κ3) is 7.27. The minimum atomic E-state index is -0.891. The zero-order valence-electron chi connectivity index (χ0n) is 25.8. The van der Waals surface area contributed by atoms with Crippen molar-refractivity contribution in [3.63, 3.8) is 0 Å². The molecule has 0 heterocycles. The molecule has 1 fully saturated rings. The smallest absolute Gasteiger partial charge is 0.167 e. The van der Waals surface area contributed by atoms with E-state index in [2.05, 4.69) is 13.0 Å². The largest absolute Gasteiger partial charge is 0.203 e. The molecule has 1 saturated carbocycles. The standard InChI is InChI=1S/C39H46F4/c1-3-5-6-7-8-9-26-10-12-28(13-11-26)29-14-16-30(17-15-29)34-24-25-35(39(43)38(34)42)32-20-18-31(19-21-32)33-23-22-27(4-2)36(40)37(33)41/h16,18-26,28-29H,3-15,17H2,1-2H3. The van der Waals surface area contributed by atoms with Gasteiger partial charge in [0, 0.05) is 16.7 Å². The first-order valence-corrected chi connectivity index (χ1v) is 16.7. The van der Waals surface area contributed by atoms with Gasteiger partial charge >= 0.3 is 0 Å². The molecule has 1 unspecified atom stereocenters. The monoisotopic (exact) mass is 590 g/mol. The van der Waals surface area contributed by atoms with Crippen molar-refractivity contribution in [1.29, 1.82) is 0 Å². The molecule has 3 aromatic carbocycles. The Hall–Kier alpha value is -2.88. The molecule has 0 bridgehead atoms. The molecule has 0 N–H and O–H groups in total. The molecule has 0 aliphatic heterocycles. The number of unbranched alkanes of at least 4 members (excludes halogenated alkanes) is 4. The van der Waals surface area contributed by atoms with Crippen molar-refractivity contribution in [3.8, 4) is 22.3 Å². The lowest BCUT2D eigenvalue weighted by Gasteiger charge is -2.35. The van der Waals surface area contributed by atoms with Crippen molar-refractivity contribution in [2.75, 3.05) is 0 Å². The maximum Gasteiger partial charge on any atom is 0.167 e. The van der Waals surface area contributed by atoms with E-state index in [1.165, 1.54) is 64.2 Å². The lowest BCUT2D eigenvalue weighted by Crippen LogP contribution is -2.23. The van der Waals surface area contributed by atoms with Crippen LogP contribution >= 0.6 is 0 Å². The van der Waals surface area contributed by atoms with Crippen molar-refractivity contribution in [2.24, 2.45) is 17.8 Å². The lowest BCUT2D eigenvalue weighted by molar-refractivity contribution is 0.187. The second kappa shape index (κ2) is 14.7. The first kappa shape index (κ1) is 31.5. The molecule has 0 nitrogen and oxygen atoms in total. The highest BCUT2D eigenvalue weighted by atomic mass is 19.2. The summed E-state index contributed by atoms with van der Waals surface area (Å²) >= 11 is 0. The van der Waals surface area contributed by atoms with Crippen LogP contribution in [0, 0.1) is 41.0 Å². The van der Waals surface area contributed by atoms with Gasteiger partial charge in [0.2, 0.25) is 0 Å². The van der Waals surface area contributed by atoms with Gasteiger partial charge in [0.15, 0.2) is 23.3 Å². The molecule has 2 aliphatic carbocycles. The predicted octanol–water partition coefficient (Wildman–Crippen LogP) is 12.5. The molecule has 1 atom stereocenters. The van der Waals surface area contributed by atoms with Crippen molar-refractivity contribution >= 4 is 5.57 Å². The molecule has 230 valence electrons. The molecule has 5 rings (SSSR count). The van der Waals surface area contributed by atoms with E-state index in [0.717, 1.165) is 36.7 Å². The first-order chi connectivity index (χ1) is 20.9. The highest BCUT2D eigenvalue weighted by molar-refractivity contribution is 5.74. The normalized spacial score (nSPS) is 20.7. The van der Waals surface area contributed by atoms with Crippen LogP contribution in [-0.2, 0) is 6.42 Å². The molecule has 0 spiro atoms. The summed E-state index contributed by atoms with van der Waals surface area (Å²) in [7, 11) is 0. The van der Waals surface area contributed by atoms with Gasteiger partial charge in [-0.3, -0.25) is 0 Å². The minimum Gasteiger partial charge on any atom is -0.203 e. The van der Waals surface area contributed by atoms with Crippen LogP contribution < -0.4 is 0 Å². The van der Waals surface area contributed by atoms with Gasteiger partial charge in [-0.15, -0.1) is 0 Å². The molecule has 4 heteroatoms. The number of aryl methyl sites for hydroxylation is 1. The summed E-state index contributed by atoms with van der Waals surface area (Å²) in [6.07, 6.45) is 18.9. The van der Waals surface area contributed by atoms with E-state index in [1.807, 2.05) is 0 Å². The van der Waals surface area contributed by atoms with E-state index in [1.54, 1.807) is 55.5 Å². The molecule has 43 heavy (non-hydrogen) atoms. The second-order valence-corrected chi connectivity index (χ2v) is 12.9. The summed E-state index contributed by atoms with van der Waals surface area (Å²) in [5, 5.41) is 0. The summed E-state index contributed by atoms with van der Waals surface area (Å²) < 4.78 is 59.7. The Bertz CT molecular complexity index is 1400. The molecular formula is C39H46F4. The molecule has 2 aliphatic rings. The van der Waals surface area contributed by atoms with Gasteiger partial charge in [0.25, 0.3) is 0 Å². The molecular weight excluding hydrogens is 544 g/mol. The molecule has 0 radical (unpaired) electrons. The Labute approximate surface area is 255 Å². The Morgan fingerprint density at radius 1 is 0.581 bits per heavy atom. The van der Waals surface area contributed by atoms with Crippen LogP contribution in [0.5, 0.6) is 0 Å². The van der Waals surface area contributed by atoms with Gasteiger partial charge in [0.1, 0.15) is 0 Å². The summed E-state index contributed by atoms with van der Waals surface area (Å²) in [5.74, 6) is -1.10. The van der Waals surface area contributed by atoms with Crippen LogP contribution in [0.1, 0.15) is 108 Å². The van der Waals surface area contributed by atoms with E-state index in [-0.39, 0.29) is 11.1 Å². The summed E-state index contributed by atoms with van der Waals surface area (Å²) in [6, 6.07) is 13.0. The quantitative estimate of drug-likeness (QED) is 0.154. The van der Waals surface area contributed by atoms with Crippen LogP contribution in [0.2, 0.25) is 0 Å². The third-order valence-corrected chi connectivity index (χ3v) is 10.2. The Morgan fingerprint density at radius 2 is 1.16 bits per heavy atom. The average molecular weight is 591 g/mol. The Kier molecular flexibility index (Phi) is 10.8. The summed E-state index contributed by atoms with van der Waals surface area (Å²) in [6.45, 7) is 4.04. The van der Waals surface area contributed by atoms with Crippen molar-refractivity contribution in [3.05, 3.63) is 89.0 Å². The van der Waals surface area contributed by atoms with Crippen molar-refractivity contribution in [1.82, 2.24) is 0 Å². The third-order valence-electron chi connectivity index (χ3n) is 10.2. The zero-order valence-corrected chi connectivity index (χ0v) is 25.8. The highest BCUT2D eigenvalue weighted by Gasteiger charge is 2.29. The van der Waals surface area contributed by atoms with Gasteiger partial charge in [0.05, 0.1) is 0 Å². The van der Waals surface area contributed by atoms with Crippen LogP contribution in [0.25, 0.3) is 27.8 Å². The fourth-order valence-corrected chi connectivity index (χ4v) is 7.45. The van der Waals surface area contributed by atoms with E-state index in [4.69, 9.17) is 0 Å². The maximum atomic E-state index is 15.4. The molecule has 0 saturated heterocycles. The van der Waals surface area contributed by atoms with Gasteiger partial charge < -0.3 is 0 Å². The number of hydrogen-bond donors (Lipinski definition) is 0. The van der Waals surface area contributed by atoms with E-state index in [0.29, 0.717) is 34.6 Å². The molecule has 0 aromatic heterocycles. The van der Waals surface area contributed by atoms with Gasteiger partial charge in [-0.05, 0) is 78.5 Å². The maximum absolute atomic E-state index is 15.4. The van der Waals surface area contributed by atoms with Crippen LogP contribution in [0.4, 0.5) is 17.6 Å². The second-order valence-electron chi connectivity index (χ2n) is 12.9. The fourth-order valence-electron chi connectivity index (χ4n) is 7.45. The zero-order chi connectivity index (χ0) is 30.3. The van der Waals surface area contributed by atoms with Gasteiger partial charge in [-0.25, -0.2) is 17.6 Å². The first-order valence-electron chi connectivity index (χ1n) is 16.7. The number of rotatable bonds is 11. The number of allylic oxidation sites excluding steroid dienone is 2. The average Bonchev–Trinajstić information content (AvgIpc) is 3.04. The number of hydrogen-bond acceptors (Lipinski definition) is 0. The Morgan fingerprint density at radius 3 is 1.77 bits per heavy atom. The van der Waals surface area contributed by atoms with E-state index in [9.17, 15) is 8.78 Å². The molecule has 3 aromatic rings. The minimum absolute atomic E-state index is 0.150.